The lowest BCUT2D eigenvalue weighted by Crippen LogP contribution is -2.09. The van der Waals surface area contributed by atoms with Crippen molar-refractivity contribution in [3.8, 4) is 33.8 Å². The van der Waals surface area contributed by atoms with Crippen molar-refractivity contribution in [2.24, 2.45) is 0 Å². The van der Waals surface area contributed by atoms with Crippen LogP contribution in [0.1, 0.15) is 0 Å². The Balaban J connectivity index is 2.01. The van der Waals surface area contributed by atoms with E-state index in [1.165, 1.54) is 0 Å². The molecule has 0 aromatic heterocycles. The molecule has 0 saturated heterocycles. The van der Waals surface area contributed by atoms with E-state index in [1.54, 1.807) is 19.2 Å². The smallest absolute Gasteiger partial charge is 0.189 e. The fraction of sp³-hybridized carbons (Fsp3) is 0.182. The molecule has 0 aliphatic carbocycles. The number of rotatable bonds is 8. The van der Waals surface area contributed by atoms with Crippen molar-refractivity contribution >= 4 is 0 Å². The molecule has 134 valence electrons. The van der Waals surface area contributed by atoms with Crippen LogP contribution in [0.5, 0.6) is 11.5 Å². The summed E-state index contributed by atoms with van der Waals surface area (Å²) < 4.78 is 16.5. The summed E-state index contributed by atoms with van der Waals surface area (Å²) in [4.78, 5) is 0. The second kappa shape index (κ2) is 9.04. The van der Waals surface area contributed by atoms with Gasteiger partial charge in [0.25, 0.3) is 0 Å². The largest absolute Gasteiger partial charge is 0.508 e. The van der Waals surface area contributed by atoms with Crippen molar-refractivity contribution < 1.29 is 19.3 Å². The first kappa shape index (κ1) is 18.0. The molecule has 3 aromatic carbocycles. The van der Waals surface area contributed by atoms with Gasteiger partial charge in [0.15, 0.2) is 6.79 Å². The Hall–Kier alpha value is -2.82. The van der Waals surface area contributed by atoms with Gasteiger partial charge in [-0.2, -0.15) is 0 Å². The van der Waals surface area contributed by atoms with Gasteiger partial charge in [0.2, 0.25) is 0 Å². The Morgan fingerprint density at radius 3 is 1.81 bits per heavy atom. The maximum atomic E-state index is 10.3. The van der Waals surface area contributed by atoms with Crippen LogP contribution in [0, 0.1) is 0 Å². The Labute approximate surface area is 153 Å². The zero-order chi connectivity index (χ0) is 18.2. The normalized spacial score (nSPS) is 10.7. The lowest BCUT2D eigenvalue weighted by atomic mass is 9.97. The highest BCUT2D eigenvalue weighted by Crippen LogP contribution is 2.42. The quantitative estimate of drug-likeness (QED) is 0.471. The van der Waals surface area contributed by atoms with E-state index in [2.05, 4.69) is 0 Å². The molecule has 0 atom stereocenters. The van der Waals surface area contributed by atoms with Gasteiger partial charge >= 0.3 is 0 Å². The molecule has 1 N–H and O–H groups in total. The van der Waals surface area contributed by atoms with Crippen LogP contribution < -0.4 is 4.74 Å². The highest BCUT2D eigenvalue weighted by molar-refractivity contribution is 5.84. The topological polar surface area (TPSA) is 47.9 Å². The molecule has 0 amide bonds. The number of hydrogen-bond acceptors (Lipinski definition) is 4. The van der Waals surface area contributed by atoms with E-state index in [1.807, 2.05) is 60.7 Å². The van der Waals surface area contributed by atoms with Crippen LogP contribution in [0.2, 0.25) is 0 Å². The van der Waals surface area contributed by atoms with E-state index in [4.69, 9.17) is 14.2 Å². The van der Waals surface area contributed by atoms with Crippen LogP contribution in [0.25, 0.3) is 22.3 Å². The zero-order valence-corrected chi connectivity index (χ0v) is 14.7. The second-order valence-electron chi connectivity index (χ2n) is 5.77. The number of benzene rings is 3. The van der Waals surface area contributed by atoms with Crippen molar-refractivity contribution in [1.29, 1.82) is 0 Å². The summed E-state index contributed by atoms with van der Waals surface area (Å²) in [6, 6.07) is 23.1. The molecule has 0 aliphatic heterocycles. The number of hydrogen-bond donors (Lipinski definition) is 1. The SMILES string of the molecule is COCCOCOc1c(-c2ccccc2)cc(O)cc1-c1ccccc1. The van der Waals surface area contributed by atoms with Crippen LogP contribution in [0.4, 0.5) is 0 Å². The van der Waals surface area contributed by atoms with E-state index in [9.17, 15) is 5.11 Å². The van der Waals surface area contributed by atoms with E-state index in [-0.39, 0.29) is 12.5 Å². The third-order valence-corrected chi connectivity index (χ3v) is 3.96. The molecule has 0 aliphatic rings. The molecule has 0 fully saturated rings. The molecule has 0 unspecified atom stereocenters. The Morgan fingerprint density at radius 2 is 1.31 bits per heavy atom. The predicted molar refractivity (Wildman–Crippen MR) is 102 cm³/mol. The number of phenolic OH excluding ortho intramolecular Hbond substituents is 1. The highest BCUT2D eigenvalue weighted by Gasteiger charge is 2.15. The third-order valence-electron chi connectivity index (χ3n) is 3.96. The van der Waals surface area contributed by atoms with Crippen molar-refractivity contribution in [2.75, 3.05) is 27.1 Å². The summed E-state index contributed by atoms with van der Waals surface area (Å²) in [5.41, 5.74) is 3.57. The minimum Gasteiger partial charge on any atom is -0.508 e. The first-order valence-electron chi connectivity index (χ1n) is 8.47. The maximum Gasteiger partial charge on any atom is 0.189 e. The molecule has 4 nitrogen and oxygen atoms in total. The summed E-state index contributed by atoms with van der Waals surface area (Å²) in [5.74, 6) is 0.868. The minimum absolute atomic E-state index is 0.105. The lowest BCUT2D eigenvalue weighted by molar-refractivity contribution is -0.00798. The number of phenols is 1. The molecule has 0 heterocycles. The van der Waals surface area contributed by atoms with Crippen molar-refractivity contribution in [2.45, 2.75) is 0 Å². The number of ether oxygens (including phenoxy) is 3. The molecule has 4 heteroatoms. The van der Waals surface area contributed by atoms with Gasteiger partial charge in [0, 0.05) is 18.2 Å². The highest BCUT2D eigenvalue weighted by atomic mass is 16.7. The first-order valence-corrected chi connectivity index (χ1v) is 8.47. The van der Waals surface area contributed by atoms with Gasteiger partial charge in [-0.1, -0.05) is 60.7 Å². The molecular formula is C22H22O4. The van der Waals surface area contributed by atoms with Crippen molar-refractivity contribution in [3.63, 3.8) is 0 Å². The van der Waals surface area contributed by atoms with Gasteiger partial charge in [-0.3, -0.25) is 0 Å². The third kappa shape index (κ3) is 4.42. The minimum atomic E-state index is 0.105. The monoisotopic (exact) mass is 350 g/mol. The summed E-state index contributed by atoms with van der Waals surface area (Å²) in [6.45, 7) is 1.07. The van der Waals surface area contributed by atoms with E-state index in [0.29, 0.717) is 19.0 Å². The summed E-state index contributed by atoms with van der Waals surface area (Å²) >= 11 is 0. The van der Waals surface area contributed by atoms with Crippen LogP contribution in [-0.4, -0.2) is 32.2 Å². The molecule has 3 aromatic rings. The van der Waals surface area contributed by atoms with Crippen LogP contribution in [-0.2, 0) is 9.47 Å². The van der Waals surface area contributed by atoms with E-state index in [0.717, 1.165) is 22.3 Å². The van der Waals surface area contributed by atoms with E-state index < -0.39 is 0 Å². The predicted octanol–water partition coefficient (Wildman–Crippen LogP) is 4.73. The van der Waals surface area contributed by atoms with Gasteiger partial charge in [-0.15, -0.1) is 0 Å². The van der Waals surface area contributed by atoms with Crippen LogP contribution in [0.3, 0.4) is 0 Å². The van der Waals surface area contributed by atoms with Crippen LogP contribution >= 0.6 is 0 Å². The van der Waals surface area contributed by atoms with Gasteiger partial charge < -0.3 is 19.3 Å². The average Bonchev–Trinajstić information content (AvgIpc) is 2.69. The maximum absolute atomic E-state index is 10.3. The molecule has 26 heavy (non-hydrogen) atoms. The molecule has 0 saturated carbocycles. The van der Waals surface area contributed by atoms with Gasteiger partial charge in [-0.05, 0) is 23.3 Å². The second-order valence-corrected chi connectivity index (χ2v) is 5.77. The average molecular weight is 350 g/mol. The van der Waals surface area contributed by atoms with Crippen molar-refractivity contribution in [3.05, 3.63) is 72.8 Å². The fourth-order valence-corrected chi connectivity index (χ4v) is 2.74. The molecule has 0 radical (unpaired) electrons. The standard InChI is InChI=1S/C22H22O4/c1-24-12-13-25-16-26-22-20(17-8-4-2-5-9-17)14-19(23)15-21(22)18-10-6-3-7-11-18/h2-11,14-15,23H,12-13,16H2,1H3. The van der Waals surface area contributed by atoms with Gasteiger partial charge in [-0.25, -0.2) is 0 Å². The van der Waals surface area contributed by atoms with Gasteiger partial charge in [0.1, 0.15) is 11.5 Å². The van der Waals surface area contributed by atoms with Gasteiger partial charge in [0.05, 0.1) is 13.2 Å². The Morgan fingerprint density at radius 1 is 0.769 bits per heavy atom. The lowest BCUT2D eigenvalue weighted by Gasteiger charge is -2.17. The molecule has 0 bridgehead atoms. The Bertz CT molecular complexity index is 756. The summed E-state index contributed by atoms with van der Waals surface area (Å²) in [7, 11) is 1.63. The first-order chi connectivity index (χ1) is 12.8. The van der Waals surface area contributed by atoms with Crippen molar-refractivity contribution in [1.82, 2.24) is 0 Å². The Kier molecular flexibility index (Phi) is 6.25. The van der Waals surface area contributed by atoms with Crippen LogP contribution in [0.15, 0.2) is 72.8 Å². The number of aromatic hydroxyl groups is 1. The fourth-order valence-electron chi connectivity index (χ4n) is 2.74. The summed E-state index contributed by atoms with van der Waals surface area (Å²) in [5, 5.41) is 10.3. The number of methoxy groups -OCH3 is 1. The molecule has 3 rings (SSSR count). The zero-order valence-electron chi connectivity index (χ0n) is 14.7. The summed E-state index contributed by atoms with van der Waals surface area (Å²) in [6.07, 6.45) is 0. The van der Waals surface area contributed by atoms with E-state index >= 15 is 0 Å². The molecule has 0 spiro atoms. The molecular weight excluding hydrogens is 328 g/mol.